The van der Waals surface area contributed by atoms with Gasteiger partial charge in [0, 0.05) is 26.2 Å². The molecule has 25 heavy (non-hydrogen) atoms. The van der Waals surface area contributed by atoms with E-state index in [0.29, 0.717) is 0 Å². The number of carbonyl (C=O) groups excluding carboxylic acids is 3. The quantitative estimate of drug-likeness (QED) is 0.888. The highest BCUT2D eigenvalue weighted by Crippen LogP contribution is 2.33. The molecule has 1 aromatic rings. The third-order valence-corrected chi connectivity index (χ3v) is 4.09. The van der Waals surface area contributed by atoms with Crippen molar-refractivity contribution in [3.63, 3.8) is 0 Å². The number of nitrogens with zero attached hydrogens (tertiary/aromatic N) is 2. The van der Waals surface area contributed by atoms with Gasteiger partial charge in [0.15, 0.2) is 0 Å². The van der Waals surface area contributed by atoms with E-state index >= 15 is 0 Å². The van der Waals surface area contributed by atoms with Crippen LogP contribution in [0.1, 0.15) is 44.4 Å². The van der Waals surface area contributed by atoms with Crippen molar-refractivity contribution in [2.45, 2.75) is 39.3 Å². The second kappa shape index (κ2) is 7.96. The highest BCUT2D eigenvalue weighted by Gasteiger charge is 2.29. The van der Waals surface area contributed by atoms with Crippen LogP contribution >= 0.6 is 0 Å². The second-order valence-corrected chi connectivity index (χ2v) is 6.56. The lowest BCUT2D eigenvalue weighted by Gasteiger charge is -2.33. The minimum atomic E-state index is -0.359. The molecular weight excluding hydrogens is 318 g/mol. The van der Waals surface area contributed by atoms with Crippen LogP contribution in [0.4, 0.5) is 0 Å². The highest BCUT2D eigenvalue weighted by molar-refractivity contribution is 5.86. The Morgan fingerprint density at radius 1 is 1.24 bits per heavy atom. The van der Waals surface area contributed by atoms with E-state index in [1.54, 1.807) is 18.1 Å². The molecule has 0 bridgehead atoms. The number of fused-ring (bicyclic) bond motifs is 1. The summed E-state index contributed by atoms with van der Waals surface area (Å²) in [6, 6.07) is 7.38. The van der Waals surface area contributed by atoms with Crippen molar-refractivity contribution >= 4 is 23.8 Å². The van der Waals surface area contributed by atoms with E-state index in [0.717, 1.165) is 11.1 Å². The molecule has 1 atom stereocenters. The number of nitrogens with one attached hydrogen (secondary N) is 1. The summed E-state index contributed by atoms with van der Waals surface area (Å²) in [4.78, 5) is 39.4. The Labute approximate surface area is 148 Å². The van der Waals surface area contributed by atoms with Crippen molar-refractivity contribution in [1.29, 1.82) is 0 Å². The molecule has 1 N–H and O–H groups in total. The van der Waals surface area contributed by atoms with Gasteiger partial charge in [0.25, 0.3) is 0 Å². The molecule has 0 saturated heterocycles. The first-order chi connectivity index (χ1) is 11.8. The number of benzene rings is 1. The Bertz CT molecular complexity index is 697. The van der Waals surface area contributed by atoms with Gasteiger partial charge in [-0.05, 0) is 31.1 Å². The van der Waals surface area contributed by atoms with Gasteiger partial charge in [-0.15, -0.1) is 0 Å². The third kappa shape index (κ3) is 4.68. The lowest BCUT2D eigenvalue weighted by Crippen LogP contribution is -2.42. The molecule has 0 saturated carbocycles. The van der Waals surface area contributed by atoms with Crippen LogP contribution in [0.2, 0.25) is 0 Å². The van der Waals surface area contributed by atoms with Crippen molar-refractivity contribution in [1.82, 2.24) is 15.1 Å². The van der Waals surface area contributed by atoms with E-state index in [1.165, 1.54) is 11.8 Å². The van der Waals surface area contributed by atoms with E-state index in [9.17, 15) is 14.4 Å². The van der Waals surface area contributed by atoms with E-state index in [4.69, 9.17) is 0 Å². The van der Waals surface area contributed by atoms with Crippen LogP contribution in [0, 0.1) is 0 Å². The number of hydrogen-bond acceptors (Lipinski definition) is 3. The fourth-order valence-electron chi connectivity index (χ4n) is 2.91. The molecule has 6 nitrogen and oxygen atoms in total. The van der Waals surface area contributed by atoms with Crippen LogP contribution in [0.5, 0.6) is 0 Å². The van der Waals surface area contributed by atoms with Gasteiger partial charge in [0.1, 0.15) is 0 Å². The molecule has 1 heterocycles. The predicted octanol–water partition coefficient (Wildman–Crippen LogP) is 1.93. The van der Waals surface area contributed by atoms with Crippen molar-refractivity contribution in [3.05, 3.63) is 41.6 Å². The van der Waals surface area contributed by atoms with E-state index < -0.39 is 0 Å². The molecule has 0 radical (unpaired) electrons. The van der Waals surface area contributed by atoms with E-state index in [-0.39, 0.29) is 42.8 Å². The summed E-state index contributed by atoms with van der Waals surface area (Å²) in [5.74, 6) is -0.498. The Hall–Kier alpha value is -2.63. The summed E-state index contributed by atoms with van der Waals surface area (Å²) in [5.41, 5.74) is 1.94. The molecule has 0 fully saturated rings. The zero-order chi connectivity index (χ0) is 18.6. The largest absolute Gasteiger partial charge is 0.352 e. The SMILES string of the molecule is CC(=O)N1C=Cc2ccccc2[C@H]1CC(=O)N(C)CC(=O)NC(C)C. The molecule has 0 aromatic heterocycles. The van der Waals surface area contributed by atoms with Gasteiger partial charge in [-0.3, -0.25) is 14.4 Å². The maximum Gasteiger partial charge on any atom is 0.239 e. The molecule has 0 spiro atoms. The van der Waals surface area contributed by atoms with Crippen molar-refractivity contribution in [2.75, 3.05) is 13.6 Å². The Balaban J connectivity index is 2.12. The van der Waals surface area contributed by atoms with Gasteiger partial charge in [-0.2, -0.15) is 0 Å². The number of hydrogen-bond donors (Lipinski definition) is 1. The smallest absolute Gasteiger partial charge is 0.239 e. The van der Waals surface area contributed by atoms with Crippen LogP contribution in [-0.4, -0.2) is 47.2 Å². The van der Waals surface area contributed by atoms with Gasteiger partial charge in [0.2, 0.25) is 17.7 Å². The van der Waals surface area contributed by atoms with Gasteiger partial charge in [0.05, 0.1) is 19.0 Å². The van der Waals surface area contributed by atoms with E-state index in [1.807, 2.05) is 44.2 Å². The summed E-state index contributed by atoms with van der Waals surface area (Å²) in [7, 11) is 1.60. The molecule has 6 heteroatoms. The summed E-state index contributed by atoms with van der Waals surface area (Å²) in [5, 5.41) is 2.77. The molecule has 2 rings (SSSR count). The summed E-state index contributed by atoms with van der Waals surface area (Å²) < 4.78 is 0. The van der Waals surface area contributed by atoms with Crippen LogP contribution in [0.25, 0.3) is 6.08 Å². The van der Waals surface area contributed by atoms with E-state index in [2.05, 4.69) is 5.32 Å². The first-order valence-corrected chi connectivity index (χ1v) is 8.39. The molecule has 0 unspecified atom stereocenters. The normalized spacial score (nSPS) is 15.7. The standard InChI is InChI=1S/C19H25N3O3/c1-13(2)20-18(24)12-21(4)19(25)11-17-16-8-6-5-7-15(16)9-10-22(17)14(3)23/h5-10,13,17H,11-12H2,1-4H3,(H,20,24)/t17-/m1/s1. The minimum absolute atomic E-state index is 0.00128. The first kappa shape index (κ1) is 18.7. The van der Waals surface area contributed by atoms with Crippen molar-refractivity contribution in [2.24, 2.45) is 0 Å². The average molecular weight is 343 g/mol. The zero-order valence-electron chi connectivity index (χ0n) is 15.2. The van der Waals surface area contributed by atoms with Crippen molar-refractivity contribution < 1.29 is 14.4 Å². The topological polar surface area (TPSA) is 69.7 Å². The maximum atomic E-state index is 12.6. The number of likely N-dealkylation sites (N-methyl/N-ethyl adjacent to an activating group) is 1. The van der Waals surface area contributed by atoms with Gasteiger partial charge >= 0.3 is 0 Å². The lowest BCUT2D eigenvalue weighted by molar-refractivity contribution is -0.137. The maximum absolute atomic E-state index is 12.6. The fourth-order valence-corrected chi connectivity index (χ4v) is 2.91. The Kier molecular flexibility index (Phi) is 5.96. The second-order valence-electron chi connectivity index (χ2n) is 6.56. The lowest BCUT2D eigenvalue weighted by atomic mass is 9.93. The minimum Gasteiger partial charge on any atom is -0.352 e. The Morgan fingerprint density at radius 2 is 1.92 bits per heavy atom. The zero-order valence-corrected chi connectivity index (χ0v) is 15.2. The van der Waals surface area contributed by atoms with Crippen LogP contribution in [0.15, 0.2) is 30.5 Å². The number of carbonyl (C=O) groups is 3. The highest BCUT2D eigenvalue weighted by atomic mass is 16.2. The molecular formula is C19H25N3O3. The molecule has 134 valence electrons. The van der Waals surface area contributed by atoms with Crippen LogP contribution in [0.3, 0.4) is 0 Å². The Morgan fingerprint density at radius 3 is 2.56 bits per heavy atom. The third-order valence-electron chi connectivity index (χ3n) is 4.09. The van der Waals surface area contributed by atoms with Crippen LogP contribution < -0.4 is 5.32 Å². The van der Waals surface area contributed by atoms with Gasteiger partial charge in [-0.25, -0.2) is 0 Å². The molecule has 3 amide bonds. The molecule has 1 aliphatic heterocycles. The summed E-state index contributed by atoms with van der Waals surface area (Å²) in [6.45, 7) is 5.22. The fraction of sp³-hybridized carbons (Fsp3) is 0.421. The first-order valence-electron chi connectivity index (χ1n) is 8.39. The van der Waals surface area contributed by atoms with Crippen molar-refractivity contribution in [3.8, 4) is 0 Å². The number of amides is 3. The summed E-state index contributed by atoms with van der Waals surface area (Å²) >= 11 is 0. The van der Waals surface area contributed by atoms with Crippen LogP contribution in [-0.2, 0) is 14.4 Å². The molecule has 1 aromatic carbocycles. The molecule has 0 aliphatic carbocycles. The van der Waals surface area contributed by atoms with Gasteiger partial charge < -0.3 is 15.1 Å². The average Bonchev–Trinajstić information content (AvgIpc) is 2.53. The number of rotatable bonds is 5. The summed E-state index contributed by atoms with van der Waals surface area (Å²) in [6.07, 6.45) is 3.72. The predicted molar refractivity (Wildman–Crippen MR) is 96.3 cm³/mol. The monoisotopic (exact) mass is 343 g/mol. The van der Waals surface area contributed by atoms with Gasteiger partial charge in [-0.1, -0.05) is 24.3 Å². The molecule has 1 aliphatic rings.